The van der Waals surface area contributed by atoms with E-state index in [1.165, 1.54) is 36.4 Å². The quantitative estimate of drug-likeness (QED) is 0.627. The summed E-state index contributed by atoms with van der Waals surface area (Å²) < 4.78 is 18.9. The van der Waals surface area contributed by atoms with Crippen LogP contribution in [0.25, 0.3) is 0 Å². The molecule has 2 aromatic carbocycles. The molecule has 0 aliphatic heterocycles. The van der Waals surface area contributed by atoms with Gasteiger partial charge in [-0.25, -0.2) is 4.39 Å². The maximum Gasteiger partial charge on any atom is 0.269 e. The lowest BCUT2D eigenvalue weighted by atomic mass is 10.3. The molecule has 0 aliphatic rings. The lowest BCUT2D eigenvalue weighted by Gasteiger charge is -2.07. The van der Waals surface area contributed by atoms with Gasteiger partial charge in [0.1, 0.15) is 17.3 Å². The number of benzene rings is 2. The van der Waals surface area contributed by atoms with Gasteiger partial charge in [-0.3, -0.25) is 10.1 Å². The van der Waals surface area contributed by atoms with Crippen LogP contribution in [0, 0.1) is 15.9 Å². The molecule has 0 N–H and O–H groups in total. The molecule has 0 heterocycles. The second-order valence-corrected chi connectivity index (χ2v) is 4.20. The molecule has 0 fully saturated rings. The first-order valence-corrected chi connectivity index (χ1v) is 5.73. The number of rotatable bonds is 3. The van der Waals surface area contributed by atoms with Crippen molar-refractivity contribution < 1.29 is 14.1 Å². The van der Waals surface area contributed by atoms with Crippen LogP contribution in [0.1, 0.15) is 0 Å². The Kier molecular flexibility index (Phi) is 3.57. The zero-order valence-corrected chi connectivity index (χ0v) is 10.6. The molecule has 0 aromatic heterocycles. The Hall–Kier alpha value is -1.95. The van der Waals surface area contributed by atoms with Crippen molar-refractivity contribution in [3.63, 3.8) is 0 Å². The fourth-order valence-electron chi connectivity index (χ4n) is 1.33. The Morgan fingerprint density at radius 1 is 1.17 bits per heavy atom. The summed E-state index contributed by atoms with van der Waals surface area (Å²) in [6.07, 6.45) is 0. The zero-order chi connectivity index (χ0) is 13.1. The van der Waals surface area contributed by atoms with E-state index < -0.39 is 10.7 Å². The predicted molar refractivity (Wildman–Crippen MR) is 67.3 cm³/mol. The van der Waals surface area contributed by atoms with Crippen molar-refractivity contribution in [2.75, 3.05) is 0 Å². The summed E-state index contributed by atoms with van der Waals surface area (Å²) >= 11 is 3.07. The van der Waals surface area contributed by atoms with E-state index in [1.54, 1.807) is 6.07 Å². The number of nitro groups is 1. The summed E-state index contributed by atoms with van der Waals surface area (Å²) in [5.74, 6) is 0.269. The summed E-state index contributed by atoms with van der Waals surface area (Å²) in [6, 6.07) is 9.96. The van der Waals surface area contributed by atoms with Crippen LogP contribution in [0.5, 0.6) is 11.5 Å². The van der Waals surface area contributed by atoms with Crippen molar-refractivity contribution in [2.45, 2.75) is 0 Å². The van der Waals surface area contributed by atoms with Crippen LogP contribution in [0.4, 0.5) is 10.1 Å². The number of hydrogen-bond acceptors (Lipinski definition) is 3. The van der Waals surface area contributed by atoms with E-state index in [1.807, 2.05) is 0 Å². The van der Waals surface area contributed by atoms with Gasteiger partial charge in [-0.1, -0.05) is 6.07 Å². The van der Waals surface area contributed by atoms with Gasteiger partial charge in [0.25, 0.3) is 5.69 Å². The molecule has 0 aliphatic carbocycles. The van der Waals surface area contributed by atoms with Gasteiger partial charge in [-0.15, -0.1) is 0 Å². The Labute approximate surface area is 110 Å². The molecule has 92 valence electrons. The maximum atomic E-state index is 13.2. The van der Waals surface area contributed by atoms with Gasteiger partial charge >= 0.3 is 0 Å². The highest BCUT2D eigenvalue weighted by Gasteiger charge is 2.09. The molecule has 6 heteroatoms. The van der Waals surface area contributed by atoms with E-state index in [0.717, 1.165) is 0 Å². The van der Waals surface area contributed by atoms with Crippen molar-refractivity contribution in [1.29, 1.82) is 0 Å². The first-order valence-electron chi connectivity index (χ1n) is 4.94. The largest absolute Gasteiger partial charge is 0.456 e. The molecule has 0 saturated heterocycles. The predicted octanol–water partition coefficient (Wildman–Crippen LogP) is 4.29. The van der Waals surface area contributed by atoms with Crippen LogP contribution < -0.4 is 4.74 Å². The molecule has 0 radical (unpaired) electrons. The number of nitro benzene ring substituents is 1. The molecule has 2 aromatic rings. The molecular weight excluding hydrogens is 305 g/mol. The Balaban J connectivity index is 2.24. The Bertz CT molecular complexity index is 586. The average Bonchev–Trinajstić information content (AvgIpc) is 2.36. The van der Waals surface area contributed by atoms with Gasteiger partial charge in [0, 0.05) is 12.1 Å². The number of hydrogen-bond donors (Lipinski definition) is 0. The lowest BCUT2D eigenvalue weighted by molar-refractivity contribution is -0.384. The van der Waals surface area contributed by atoms with E-state index in [0.29, 0.717) is 11.5 Å². The van der Waals surface area contributed by atoms with Crippen molar-refractivity contribution in [1.82, 2.24) is 0 Å². The fraction of sp³-hybridized carbons (Fsp3) is 0. The Morgan fingerprint density at radius 3 is 2.44 bits per heavy atom. The molecule has 4 nitrogen and oxygen atoms in total. The monoisotopic (exact) mass is 311 g/mol. The highest BCUT2D eigenvalue weighted by Crippen LogP contribution is 2.32. The minimum Gasteiger partial charge on any atom is -0.456 e. The standard InChI is InChI=1S/C12H7BrFNO3/c13-12-10(14)2-1-3-11(12)18-9-6-4-8(5-7-9)15(16)17/h1-7H. The SMILES string of the molecule is O=[N+]([O-])c1ccc(Oc2cccc(F)c2Br)cc1. The molecule has 0 bridgehead atoms. The second-order valence-electron chi connectivity index (χ2n) is 3.41. The minimum atomic E-state index is -0.498. The van der Waals surface area contributed by atoms with E-state index in [4.69, 9.17) is 4.74 Å². The van der Waals surface area contributed by atoms with Gasteiger partial charge in [-0.05, 0) is 40.2 Å². The van der Waals surface area contributed by atoms with Crippen LogP contribution in [-0.2, 0) is 0 Å². The van der Waals surface area contributed by atoms with Crippen LogP contribution in [-0.4, -0.2) is 4.92 Å². The summed E-state index contributed by atoms with van der Waals surface area (Å²) in [6.45, 7) is 0. The smallest absolute Gasteiger partial charge is 0.269 e. The number of halogens is 2. The summed E-state index contributed by atoms with van der Waals surface area (Å²) in [5.41, 5.74) is -0.0272. The third kappa shape index (κ3) is 2.65. The summed E-state index contributed by atoms with van der Waals surface area (Å²) in [4.78, 5) is 9.98. The van der Waals surface area contributed by atoms with Crippen molar-refractivity contribution in [3.05, 3.63) is 62.9 Å². The second kappa shape index (κ2) is 5.14. The lowest BCUT2D eigenvalue weighted by Crippen LogP contribution is -1.90. The third-order valence-corrected chi connectivity index (χ3v) is 2.96. The summed E-state index contributed by atoms with van der Waals surface area (Å²) in [7, 11) is 0. The van der Waals surface area contributed by atoms with Crippen LogP contribution >= 0.6 is 15.9 Å². The average molecular weight is 312 g/mol. The molecule has 0 amide bonds. The molecule has 0 saturated carbocycles. The third-order valence-electron chi connectivity index (χ3n) is 2.19. The van der Waals surface area contributed by atoms with Crippen LogP contribution in [0.2, 0.25) is 0 Å². The molecule has 0 unspecified atom stereocenters. The van der Waals surface area contributed by atoms with Gasteiger partial charge in [0.2, 0.25) is 0 Å². The zero-order valence-electron chi connectivity index (χ0n) is 8.97. The van der Waals surface area contributed by atoms with Gasteiger partial charge in [-0.2, -0.15) is 0 Å². The minimum absolute atomic E-state index is 0.0272. The van der Waals surface area contributed by atoms with Gasteiger partial charge < -0.3 is 4.74 Å². The highest BCUT2D eigenvalue weighted by molar-refractivity contribution is 9.10. The molecule has 0 spiro atoms. The van der Waals surface area contributed by atoms with Crippen molar-refractivity contribution >= 4 is 21.6 Å². The first kappa shape index (κ1) is 12.5. The van der Waals surface area contributed by atoms with Crippen LogP contribution in [0.15, 0.2) is 46.9 Å². The number of nitrogens with zero attached hydrogens (tertiary/aromatic N) is 1. The van der Waals surface area contributed by atoms with Crippen molar-refractivity contribution in [2.24, 2.45) is 0 Å². The number of ether oxygens (including phenoxy) is 1. The van der Waals surface area contributed by atoms with Crippen LogP contribution in [0.3, 0.4) is 0 Å². The maximum absolute atomic E-state index is 13.2. The van der Waals surface area contributed by atoms with E-state index in [9.17, 15) is 14.5 Å². The highest BCUT2D eigenvalue weighted by atomic mass is 79.9. The van der Waals surface area contributed by atoms with Crippen molar-refractivity contribution in [3.8, 4) is 11.5 Å². The molecule has 0 atom stereocenters. The molecule has 2 rings (SSSR count). The first-order chi connectivity index (χ1) is 8.58. The summed E-state index contributed by atoms with van der Waals surface area (Å²) in [5, 5.41) is 10.5. The molecular formula is C12H7BrFNO3. The molecule has 18 heavy (non-hydrogen) atoms. The van der Waals surface area contributed by atoms with Gasteiger partial charge in [0.05, 0.1) is 9.40 Å². The van der Waals surface area contributed by atoms with Gasteiger partial charge in [0.15, 0.2) is 0 Å². The number of non-ortho nitro benzene ring substituents is 1. The van der Waals surface area contributed by atoms with E-state index in [2.05, 4.69) is 15.9 Å². The van der Waals surface area contributed by atoms with E-state index in [-0.39, 0.29) is 10.2 Å². The fourth-order valence-corrected chi connectivity index (χ4v) is 1.67. The van der Waals surface area contributed by atoms with E-state index >= 15 is 0 Å². The topological polar surface area (TPSA) is 52.4 Å². The Morgan fingerprint density at radius 2 is 1.83 bits per heavy atom. The normalized spacial score (nSPS) is 10.1.